The standard InChI is InChI=1S/C21H30N4O2S/c1-21(2,27)14-22-19(26)15-6-7-17-18(12-15)28-20(23-17)25-11-8-16(13-25)24-9-4-3-5-10-24/h6-7,12,16,27H,3-5,8-11,13-14H2,1-2H3,(H,22,26)/t16-/m1/s1. The van der Waals surface area contributed by atoms with Crippen molar-refractivity contribution in [3.05, 3.63) is 23.8 Å². The van der Waals surface area contributed by atoms with Crippen LogP contribution in [0.4, 0.5) is 5.13 Å². The van der Waals surface area contributed by atoms with E-state index < -0.39 is 5.60 Å². The summed E-state index contributed by atoms with van der Waals surface area (Å²) in [5.41, 5.74) is 0.637. The van der Waals surface area contributed by atoms with Crippen LogP contribution in [0.1, 0.15) is 49.9 Å². The van der Waals surface area contributed by atoms with Gasteiger partial charge in [-0.25, -0.2) is 4.98 Å². The van der Waals surface area contributed by atoms with Crippen molar-refractivity contribution < 1.29 is 9.90 Å². The van der Waals surface area contributed by atoms with E-state index in [9.17, 15) is 9.90 Å². The Kier molecular flexibility index (Phi) is 5.58. The van der Waals surface area contributed by atoms with Gasteiger partial charge in [0.2, 0.25) is 0 Å². The number of anilines is 1. The van der Waals surface area contributed by atoms with Crippen molar-refractivity contribution in [2.24, 2.45) is 0 Å². The molecule has 0 saturated carbocycles. The molecule has 2 aliphatic heterocycles. The summed E-state index contributed by atoms with van der Waals surface area (Å²) in [5, 5.41) is 13.6. The molecule has 3 heterocycles. The molecule has 1 aromatic heterocycles. The van der Waals surface area contributed by atoms with E-state index in [0.29, 0.717) is 11.6 Å². The quantitative estimate of drug-likeness (QED) is 0.805. The first-order chi connectivity index (χ1) is 13.4. The van der Waals surface area contributed by atoms with E-state index in [-0.39, 0.29) is 12.5 Å². The van der Waals surface area contributed by atoms with E-state index in [1.165, 1.54) is 38.8 Å². The number of fused-ring (bicyclic) bond motifs is 1. The van der Waals surface area contributed by atoms with Crippen molar-refractivity contribution in [2.45, 2.75) is 51.2 Å². The Morgan fingerprint density at radius 2 is 2.07 bits per heavy atom. The second-order valence-corrected chi connectivity index (χ2v) is 9.67. The number of aromatic nitrogens is 1. The predicted molar refractivity (Wildman–Crippen MR) is 114 cm³/mol. The highest BCUT2D eigenvalue weighted by Gasteiger charge is 2.30. The maximum Gasteiger partial charge on any atom is 0.251 e. The molecular formula is C21H30N4O2S. The number of likely N-dealkylation sites (tertiary alicyclic amines) is 1. The topological polar surface area (TPSA) is 68.7 Å². The fourth-order valence-corrected chi connectivity index (χ4v) is 5.12. The number of carbonyl (C=O) groups is 1. The number of thiazole rings is 1. The van der Waals surface area contributed by atoms with Crippen LogP contribution in [-0.2, 0) is 0 Å². The molecule has 152 valence electrons. The van der Waals surface area contributed by atoms with Gasteiger partial charge in [0.1, 0.15) is 0 Å². The van der Waals surface area contributed by atoms with Crippen LogP contribution in [0, 0.1) is 0 Å². The maximum absolute atomic E-state index is 12.4. The normalized spacial score (nSPS) is 21.4. The Labute approximate surface area is 170 Å². The van der Waals surface area contributed by atoms with Gasteiger partial charge in [-0.3, -0.25) is 9.69 Å². The van der Waals surface area contributed by atoms with Crippen LogP contribution in [-0.4, -0.2) is 65.3 Å². The van der Waals surface area contributed by atoms with Crippen LogP contribution in [0.2, 0.25) is 0 Å². The summed E-state index contributed by atoms with van der Waals surface area (Å²) in [4.78, 5) is 22.2. The highest BCUT2D eigenvalue weighted by Crippen LogP contribution is 2.32. The third-order valence-corrected chi connectivity index (χ3v) is 6.74. The Morgan fingerprint density at radius 1 is 1.29 bits per heavy atom. The predicted octanol–water partition coefficient (Wildman–Crippen LogP) is 2.86. The number of nitrogens with zero attached hydrogens (tertiary/aromatic N) is 3. The van der Waals surface area contributed by atoms with Crippen LogP contribution in [0.25, 0.3) is 10.2 Å². The summed E-state index contributed by atoms with van der Waals surface area (Å²) in [6.45, 7) is 8.17. The number of hydrogen-bond donors (Lipinski definition) is 2. The second-order valence-electron chi connectivity index (χ2n) is 8.66. The minimum Gasteiger partial charge on any atom is -0.389 e. The largest absolute Gasteiger partial charge is 0.389 e. The first kappa shape index (κ1) is 19.6. The summed E-state index contributed by atoms with van der Waals surface area (Å²) in [7, 11) is 0. The van der Waals surface area contributed by atoms with Crippen molar-refractivity contribution in [3.63, 3.8) is 0 Å². The van der Waals surface area contributed by atoms with E-state index >= 15 is 0 Å². The average molecular weight is 403 g/mol. The van der Waals surface area contributed by atoms with Crippen LogP contribution in [0.5, 0.6) is 0 Å². The number of carbonyl (C=O) groups excluding carboxylic acids is 1. The molecule has 28 heavy (non-hydrogen) atoms. The van der Waals surface area contributed by atoms with Gasteiger partial charge in [-0.05, 0) is 64.4 Å². The molecule has 0 radical (unpaired) electrons. The lowest BCUT2D eigenvalue weighted by atomic mass is 10.1. The summed E-state index contributed by atoms with van der Waals surface area (Å²) in [5.74, 6) is -0.162. The lowest BCUT2D eigenvalue weighted by Crippen LogP contribution is -2.40. The third-order valence-electron chi connectivity index (χ3n) is 5.66. The van der Waals surface area contributed by atoms with Gasteiger partial charge in [0.05, 0.1) is 15.8 Å². The second kappa shape index (κ2) is 7.97. The minimum absolute atomic E-state index is 0.162. The number of aliphatic hydroxyl groups is 1. The molecule has 1 atom stereocenters. The monoisotopic (exact) mass is 402 g/mol. The van der Waals surface area contributed by atoms with Crippen molar-refractivity contribution in [1.82, 2.24) is 15.2 Å². The molecular weight excluding hydrogens is 372 g/mol. The molecule has 0 unspecified atom stereocenters. The van der Waals surface area contributed by atoms with E-state index in [1.54, 1.807) is 25.2 Å². The Hall–Kier alpha value is -1.70. The van der Waals surface area contributed by atoms with Crippen LogP contribution in [0.15, 0.2) is 18.2 Å². The molecule has 0 spiro atoms. The first-order valence-corrected chi connectivity index (χ1v) is 11.1. The summed E-state index contributed by atoms with van der Waals surface area (Å²) in [6, 6.07) is 6.29. The zero-order chi connectivity index (χ0) is 19.7. The number of benzene rings is 1. The Morgan fingerprint density at radius 3 is 2.82 bits per heavy atom. The lowest BCUT2D eigenvalue weighted by molar-refractivity contribution is 0.0694. The molecule has 0 aliphatic carbocycles. The molecule has 2 N–H and O–H groups in total. The van der Waals surface area contributed by atoms with Gasteiger partial charge >= 0.3 is 0 Å². The summed E-state index contributed by atoms with van der Waals surface area (Å²) >= 11 is 1.67. The van der Waals surface area contributed by atoms with Crippen LogP contribution < -0.4 is 10.2 Å². The van der Waals surface area contributed by atoms with E-state index in [2.05, 4.69) is 15.1 Å². The fraction of sp³-hybridized carbons (Fsp3) is 0.619. The smallest absolute Gasteiger partial charge is 0.251 e. The number of hydrogen-bond acceptors (Lipinski definition) is 6. The minimum atomic E-state index is -0.919. The van der Waals surface area contributed by atoms with Gasteiger partial charge in [-0.1, -0.05) is 17.8 Å². The van der Waals surface area contributed by atoms with Gasteiger partial charge in [0, 0.05) is 31.2 Å². The Balaban J connectivity index is 1.44. The number of rotatable bonds is 5. The number of amides is 1. The molecule has 2 aliphatic rings. The highest BCUT2D eigenvalue weighted by atomic mass is 32.1. The fourth-order valence-electron chi connectivity index (χ4n) is 4.08. The van der Waals surface area contributed by atoms with Gasteiger partial charge < -0.3 is 15.3 Å². The molecule has 2 aromatic rings. The van der Waals surface area contributed by atoms with Gasteiger partial charge in [-0.15, -0.1) is 0 Å². The molecule has 0 bridgehead atoms. The lowest BCUT2D eigenvalue weighted by Gasteiger charge is -2.32. The van der Waals surface area contributed by atoms with Crippen LogP contribution >= 0.6 is 11.3 Å². The van der Waals surface area contributed by atoms with Gasteiger partial charge in [-0.2, -0.15) is 0 Å². The molecule has 7 heteroatoms. The Bertz CT molecular complexity index is 839. The SMILES string of the molecule is CC(C)(O)CNC(=O)c1ccc2nc(N3CC[C@@H](N4CCCCC4)C3)sc2c1. The number of nitrogens with one attached hydrogen (secondary N) is 1. The van der Waals surface area contributed by atoms with E-state index in [4.69, 9.17) is 4.98 Å². The van der Waals surface area contributed by atoms with Crippen LogP contribution in [0.3, 0.4) is 0 Å². The van der Waals surface area contributed by atoms with Crippen molar-refractivity contribution in [2.75, 3.05) is 37.6 Å². The van der Waals surface area contributed by atoms with Crippen molar-refractivity contribution in [3.8, 4) is 0 Å². The van der Waals surface area contributed by atoms with Crippen molar-refractivity contribution >= 4 is 32.6 Å². The maximum atomic E-state index is 12.4. The average Bonchev–Trinajstić information content (AvgIpc) is 3.32. The molecule has 1 amide bonds. The summed E-state index contributed by atoms with van der Waals surface area (Å²) in [6.07, 6.45) is 5.24. The zero-order valence-corrected chi connectivity index (χ0v) is 17.6. The molecule has 2 saturated heterocycles. The molecule has 6 nitrogen and oxygen atoms in total. The molecule has 2 fully saturated rings. The molecule has 4 rings (SSSR count). The first-order valence-electron chi connectivity index (χ1n) is 10.3. The van der Waals surface area contributed by atoms with Gasteiger partial charge in [0.25, 0.3) is 5.91 Å². The molecule has 1 aromatic carbocycles. The van der Waals surface area contributed by atoms with Crippen molar-refractivity contribution in [1.29, 1.82) is 0 Å². The highest BCUT2D eigenvalue weighted by molar-refractivity contribution is 7.22. The van der Waals surface area contributed by atoms with Gasteiger partial charge in [0.15, 0.2) is 5.13 Å². The summed E-state index contributed by atoms with van der Waals surface area (Å²) < 4.78 is 1.03. The zero-order valence-electron chi connectivity index (χ0n) is 16.8. The third kappa shape index (κ3) is 4.47. The van der Waals surface area contributed by atoms with E-state index in [0.717, 1.165) is 28.4 Å². The number of piperidine rings is 1. The van der Waals surface area contributed by atoms with E-state index in [1.807, 2.05) is 18.2 Å².